The molecule has 1 aromatic carbocycles. The molecule has 2 nitrogen and oxygen atoms in total. The summed E-state index contributed by atoms with van der Waals surface area (Å²) in [6.45, 7) is 9.63. The van der Waals surface area contributed by atoms with Gasteiger partial charge in [-0.3, -0.25) is 0 Å². The van der Waals surface area contributed by atoms with Gasteiger partial charge in [0.1, 0.15) is 5.60 Å². The highest BCUT2D eigenvalue weighted by molar-refractivity contribution is 5.87. The van der Waals surface area contributed by atoms with Crippen molar-refractivity contribution in [1.29, 1.82) is 0 Å². The Morgan fingerprint density at radius 2 is 1.95 bits per heavy atom. The van der Waals surface area contributed by atoms with Crippen molar-refractivity contribution in [2.75, 3.05) is 0 Å². The molecule has 1 aromatic rings. The number of aryl methyl sites for hydroxylation is 1. The number of fused-ring (bicyclic) bond motifs is 1. The van der Waals surface area contributed by atoms with E-state index in [2.05, 4.69) is 44.7 Å². The predicted octanol–water partition coefficient (Wildman–Crippen LogP) is 3.69. The monoisotopic (exact) mass is 258 g/mol. The number of ether oxygens (including phenoxy) is 1. The highest BCUT2D eigenvalue weighted by Gasteiger charge is 2.40. The van der Waals surface area contributed by atoms with Crippen molar-refractivity contribution >= 4 is 5.97 Å². The van der Waals surface area contributed by atoms with Crippen LogP contribution < -0.4 is 0 Å². The fraction of sp³-hybridized carbons (Fsp3) is 0.471. The van der Waals surface area contributed by atoms with E-state index in [9.17, 15) is 4.79 Å². The van der Waals surface area contributed by atoms with E-state index in [1.807, 2.05) is 0 Å². The second-order valence-corrected chi connectivity index (χ2v) is 5.83. The molecule has 2 rings (SSSR count). The number of hydrogen-bond acceptors (Lipinski definition) is 2. The molecule has 19 heavy (non-hydrogen) atoms. The zero-order valence-electron chi connectivity index (χ0n) is 12.0. The van der Waals surface area contributed by atoms with Gasteiger partial charge in [-0.15, -0.1) is 0 Å². The number of carbonyl (C=O) groups is 1. The second kappa shape index (κ2) is 5.20. The summed E-state index contributed by atoms with van der Waals surface area (Å²) in [5.41, 5.74) is 2.77. The molecule has 2 heteroatoms. The number of esters is 1. The summed E-state index contributed by atoms with van der Waals surface area (Å²) in [5.74, 6) is 0.0252. The Labute approximate surface area is 115 Å². The van der Waals surface area contributed by atoms with Crippen LogP contribution in [0.15, 0.2) is 36.4 Å². The molecule has 0 fully saturated rings. The van der Waals surface area contributed by atoms with Crippen molar-refractivity contribution in [1.82, 2.24) is 0 Å². The lowest BCUT2D eigenvalue weighted by molar-refractivity contribution is -0.161. The molecule has 0 spiro atoms. The molecule has 1 unspecified atom stereocenters. The summed E-state index contributed by atoms with van der Waals surface area (Å²) in [5, 5.41) is 0. The first-order valence-electron chi connectivity index (χ1n) is 6.90. The third-order valence-corrected chi connectivity index (χ3v) is 4.12. The first-order valence-corrected chi connectivity index (χ1v) is 6.90. The molecule has 0 saturated carbocycles. The maximum atomic E-state index is 11.9. The molecule has 0 N–H and O–H groups in total. The van der Waals surface area contributed by atoms with Crippen molar-refractivity contribution in [3.8, 4) is 0 Å². The Morgan fingerprint density at radius 3 is 2.53 bits per heavy atom. The predicted molar refractivity (Wildman–Crippen MR) is 76.9 cm³/mol. The third kappa shape index (κ3) is 2.73. The van der Waals surface area contributed by atoms with Gasteiger partial charge in [0, 0.05) is 12.0 Å². The van der Waals surface area contributed by atoms with Gasteiger partial charge in [0.2, 0.25) is 0 Å². The van der Waals surface area contributed by atoms with Crippen molar-refractivity contribution in [2.45, 2.75) is 45.6 Å². The zero-order chi connectivity index (χ0) is 14.0. The van der Waals surface area contributed by atoms with Crippen LogP contribution >= 0.6 is 0 Å². The molecule has 1 atom stereocenters. The molecule has 0 radical (unpaired) electrons. The molecule has 1 aliphatic carbocycles. The van der Waals surface area contributed by atoms with Gasteiger partial charge in [-0.2, -0.15) is 0 Å². The molecule has 102 valence electrons. The van der Waals surface area contributed by atoms with Gasteiger partial charge < -0.3 is 4.74 Å². The summed E-state index contributed by atoms with van der Waals surface area (Å²) >= 11 is 0. The van der Waals surface area contributed by atoms with Crippen LogP contribution in [0.25, 0.3) is 0 Å². The Bertz CT molecular complexity index is 502. The van der Waals surface area contributed by atoms with E-state index in [-0.39, 0.29) is 11.6 Å². The number of benzene rings is 1. The Morgan fingerprint density at radius 1 is 1.32 bits per heavy atom. The van der Waals surface area contributed by atoms with Crippen LogP contribution in [0.3, 0.4) is 0 Å². The van der Waals surface area contributed by atoms with E-state index in [1.54, 1.807) is 6.92 Å². The van der Waals surface area contributed by atoms with Gasteiger partial charge in [0.15, 0.2) is 0 Å². The van der Waals surface area contributed by atoms with E-state index in [1.165, 1.54) is 11.1 Å². The first kappa shape index (κ1) is 13.9. The van der Waals surface area contributed by atoms with E-state index in [0.717, 1.165) is 19.3 Å². The molecule has 0 aromatic heterocycles. The van der Waals surface area contributed by atoms with Gasteiger partial charge in [0.05, 0.1) is 0 Å². The van der Waals surface area contributed by atoms with E-state index >= 15 is 0 Å². The van der Waals surface area contributed by atoms with E-state index in [0.29, 0.717) is 11.5 Å². The van der Waals surface area contributed by atoms with Crippen LogP contribution in [0.4, 0.5) is 0 Å². The molecule has 0 heterocycles. The quantitative estimate of drug-likeness (QED) is 0.610. The average Bonchev–Trinajstić information content (AvgIpc) is 2.38. The molecule has 0 bridgehead atoms. The van der Waals surface area contributed by atoms with Crippen LogP contribution in [-0.2, 0) is 22.4 Å². The van der Waals surface area contributed by atoms with Gasteiger partial charge in [-0.25, -0.2) is 4.79 Å². The van der Waals surface area contributed by atoms with Crippen LogP contribution in [0.5, 0.6) is 0 Å². The fourth-order valence-corrected chi connectivity index (χ4v) is 2.70. The van der Waals surface area contributed by atoms with Crippen LogP contribution in [0.1, 0.15) is 38.3 Å². The summed E-state index contributed by atoms with van der Waals surface area (Å²) in [7, 11) is 0. The molecule has 1 aliphatic rings. The topological polar surface area (TPSA) is 26.3 Å². The highest BCUT2D eigenvalue weighted by Crippen LogP contribution is 2.37. The summed E-state index contributed by atoms with van der Waals surface area (Å²) in [4.78, 5) is 11.9. The zero-order valence-corrected chi connectivity index (χ0v) is 12.0. The summed E-state index contributed by atoms with van der Waals surface area (Å²) in [6, 6.07) is 8.43. The second-order valence-electron chi connectivity index (χ2n) is 5.83. The summed E-state index contributed by atoms with van der Waals surface area (Å²) in [6.07, 6.45) is 2.67. The minimum atomic E-state index is -0.385. The number of carbonyl (C=O) groups excluding carboxylic acids is 1. The van der Waals surface area contributed by atoms with Gasteiger partial charge in [-0.05, 0) is 36.8 Å². The number of hydrogen-bond donors (Lipinski definition) is 0. The molecular weight excluding hydrogens is 236 g/mol. The maximum absolute atomic E-state index is 11.9. The SMILES string of the molecule is C=C(C)C(=O)OC1(C(C)C)CCc2ccccc2C1. The minimum absolute atomic E-state index is 0.270. The van der Waals surface area contributed by atoms with Gasteiger partial charge in [-0.1, -0.05) is 44.7 Å². The normalized spacial score (nSPS) is 21.9. The summed E-state index contributed by atoms with van der Waals surface area (Å²) < 4.78 is 5.82. The average molecular weight is 258 g/mol. The van der Waals surface area contributed by atoms with Gasteiger partial charge in [0.25, 0.3) is 0 Å². The minimum Gasteiger partial charge on any atom is -0.455 e. The molecule has 0 aliphatic heterocycles. The van der Waals surface area contributed by atoms with E-state index < -0.39 is 0 Å². The Hall–Kier alpha value is -1.57. The van der Waals surface area contributed by atoms with Crippen LogP contribution in [0.2, 0.25) is 0 Å². The Balaban J connectivity index is 2.28. The molecule has 0 amide bonds. The van der Waals surface area contributed by atoms with Crippen molar-refractivity contribution in [3.63, 3.8) is 0 Å². The van der Waals surface area contributed by atoms with Crippen LogP contribution in [-0.4, -0.2) is 11.6 Å². The lowest BCUT2D eigenvalue weighted by Gasteiger charge is -2.41. The standard InChI is InChI=1S/C17H22O2/c1-12(2)16(18)19-17(13(3)4)10-9-14-7-5-6-8-15(14)11-17/h5-8,13H,1,9-11H2,2-4H3. The third-order valence-electron chi connectivity index (χ3n) is 4.12. The van der Waals surface area contributed by atoms with Crippen molar-refractivity contribution < 1.29 is 9.53 Å². The fourth-order valence-electron chi connectivity index (χ4n) is 2.70. The van der Waals surface area contributed by atoms with Crippen LogP contribution in [0, 0.1) is 5.92 Å². The lowest BCUT2D eigenvalue weighted by Crippen LogP contribution is -2.45. The molecule has 0 saturated heterocycles. The number of rotatable bonds is 3. The lowest BCUT2D eigenvalue weighted by atomic mass is 9.74. The van der Waals surface area contributed by atoms with Crippen molar-refractivity contribution in [3.05, 3.63) is 47.5 Å². The smallest absolute Gasteiger partial charge is 0.333 e. The first-order chi connectivity index (χ1) is 8.94. The maximum Gasteiger partial charge on any atom is 0.333 e. The van der Waals surface area contributed by atoms with Gasteiger partial charge >= 0.3 is 5.97 Å². The largest absolute Gasteiger partial charge is 0.455 e. The highest BCUT2D eigenvalue weighted by atomic mass is 16.6. The van der Waals surface area contributed by atoms with Crippen molar-refractivity contribution in [2.24, 2.45) is 5.92 Å². The van der Waals surface area contributed by atoms with E-state index in [4.69, 9.17) is 4.74 Å². The molecular formula is C17H22O2. The Kier molecular flexibility index (Phi) is 3.79.